The lowest BCUT2D eigenvalue weighted by Crippen LogP contribution is -2.02. The van der Waals surface area contributed by atoms with E-state index in [-0.39, 0.29) is 0 Å². The fraction of sp³-hybridized carbons (Fsp3) is 0.231. The van der Waals surface area contributed by atoms with Crippen LogP contribution < -0.4 is 5.32 Å². The van der Waals surface area contributed by atoms with Crippen LogP contribution in [0.1, 0.15) is 17.0 Å². The van der Waals surface area contributed by atoms with Gasteiger partial charge >= 0.3 is 0 Å². The van der Waals surface area contributed by atoms with E-state index in [0.717, 1.165) is 21.5 Å². The molecule has 0 aromatic carbocycles. The molecule has 0 amide bonds. The van der Waals surface area contributed by atoms with Crippen LogP contribution in [0.5, 0.6) is 0 Å². The summed E-state index contributed by atoms with van der Waals surface area (Å²) in [6.45, 7) is 2.67. The average Bonchev–Trinajstić information content (AvgIpc) is 2.65. The zero-order valence-electron chi connectivity index (χ0n) is 10.2. The van der Waals surface area contributed by atoms with E-state index in [1.165, 1.54) is 0 Å². The summed E-state index contributed by atoms with van der Waals surface area (Å²) in [5.74, 6) is 0.819. The second-order valence-corrected chi connectivity index (χ2v) is 4.94. The van der Waals surface area contributed by atoms with Crippen LogP contribution >= 0.6 is 15.9 Å². The van der Waals surface area contributed by atoms with Crippen LogP contribution in [0, 0.1) is 18.3 Å². The molecular weight excluding hydrogens is 292 g/mol. The third-order valence-corrected chi connectivity index (χ3v) is 3.41. The standard InChI is InChI=1S/C13H13BrN4/c1-9-10(5-12(6-15)18(9)2)7-16-13-4-3-11(14)8-17-13/h3-5,8H,7H2,1-2H3,(H,16,17). The number of halogens is 1. The molecule has 18 heavy (non-hydrogen) atoms. The van der Waals surface area contributed by atoms with E-state index in [0.29, 0.717) is 12.2 Å². The highest BCUT2D eigenvalue weighted by atomic mass is 79.9. The molecule has 2 rings (SSSR count). The minimum atomic E-state index is 0.663. The fourth-order valence-electron chi connectivity index (χ4n) is 1.71. The van der Waals surface area contributed by atoms with E-state index in [9.17, 15) is 0 Å². The monoisotopic (exact) mass is 304 g/mol. The van der Waals surface area contributed by atoms with Crippen molar-refractivity contribution in [3.05, 3.63) is 45.8 Å². The van der Waals surface area contributed by atoms with Gasteiger partial charge in [0.2, 0.25) is 0 Å². The van der Waals surface area contributed by atoms with Crippen molar-refractivity contribution in [3.8, 4) is 6.07 Å². The van der Waals surface area contributed by atoms with Crippen molar-refractivity contribution in [3.63, 3.8) is 0 Å². The molecule has 5 heteroatoms. The van der Waals surface area contributed by atoms with Gasteiger partial charge in [-0.15, -0.1) is 0 Å². The van der Waals surface area contributed by atoms with Crippen LogP contribution in [0.4, 0.5) is 5.82 Å². The molecule has 2 aromatic rings. The van der Waals surface area contributed by atoms with Crippen molar-refractivity contribution in [2.75, 3.05) is 5.32 Å². The van der Waals surface area contributed by atoms with Crippen LogP contribution in [0.3, 0.4) is 0 Å². The van der Waals surface area contributed by atoms with E-state index < -0.39 is 0 Å². The first kappa shape index (κ1) is 12.7. The highest BCUT2D eigenvalue weighted by Crippen LogP contribution is 2.16. The second-order valence-electron chi connectivity index (χ2n) is 4.03. The van der Waals surface area contributed by atoms with E-state index in [2.05, 4.69) is 32.3 Å². The van der Waals surface area contributed by atoms with Gasteiger partial charge in [0, 0.05) is 30.0 Å². The van der Waals surface area contributed by atoms with Crippen molar-refractivity contribution in [2.45, 2.75) is 13.5 Å². The molecule has 0 aliphatic heterocycles. The Hall–Kier alpha value is -1.80. The third-order valence-electron chi connectivity index (χ3n) is 2.94. The second kappa shape index (κ2) is 5.23. The molecule has 1 N–H and O–H groups in total. The number of hydrogen-bond acceptors (Lipinski definition) is 3. The van der Waals surface area contributed by atoms with Gasteiger partial charge in [-0.3, -0.25) is 0 Å². The van der Waals surface area contributed by atoms with E-state index in [1.807, 2.05) is 36.7 Å². The molecule has 0 radical (unpaired) electrons. The molecule has 0 aliphatic rings. The Bertz CT molecular complexity index is 593. The molecule has 0 fully saturated rings. The number of pyridine rings is 1. The van der Waals surface area contributed by atoms with Crippen molar-refractivity contribution < 1.29 is 0 Å². The zero-order chi connectivity index (χ0) is 13.1. The summed E-state index contributed by atoms with van der Waals surface area (Å²) < 4.78 is 2.85. The Morgan fingerprint density at radius 1 is 1.50 bits per heavy atom. The van der Waals surface area contributed by atoms with Crippen LogP contribution in [0.25, 0.3) is 0 Å². The summed E-state index contributed by atoms with van der Waals surface area (Å²) in [4.78, 5) is 4.24. The topological polar surface area (TPSA) is 53.6 Å². The van der Waals surface area contributed by atoms with Crippen LogP contribution in [-0.4, -0.2) is 9.55 Å². The SMILES string of the molecule is Cc1c(CNc2ccc(Br)cn2)cc(C#N)n1C. The van der Waals surface area contributed by atoms with Gasteiger partial charge in [-0.2, -0.15) is 5.26 Å². The molecule has 2 heterocycles. The van der Waals surface area contributed by atoms with Crippen LogP contribution in [-0.2, 0) is 13.6 Å². The molecule has 0 bridgehead atoms. The summed E-state index contributed by atoms with van der Waals surface area (Å²) in [7, 11) is 1.90. The third kappa shape index (κ3) is 2.54. The van der Waals surface area contributed by atoms with Gasteiger partial charge in [-0.1, -0.05) is 0 Å². The van der Waals surface area contributed by atoms with E-state index in [1.54, 1.807) is 6.20 Å². The number of hydrogen-bond donors (Lipinski definition) is 1. The molecule has 0 saturated carbocycles. The molecule has 0 aliphatic carbocycles. The lowest BCUT2D eigenvalue weighted by molar-refractivity contribution is 0.856. The highest BCUT2D eigenvalue weighted by Gasteiger charge is 2.08. The molecule has 4 nitrogen and oxygen atoms in total. The first-order valence-corrected chi connectivity index (χ1v) is 6.32. The fourth-order valence-corrected chi connectivity index (χ4v) is 1.95. The molecule has 0 atom stereocenters. The average molecular weight is 305 g/mol. The Kier molecular flexibility index (Phi) is 3.68. The van der Waals surface area contributed by atoms with Gasteiger partial charge in [0.25, 0.3) is 0 Å². The van der Waals surface area contributed by atoms with Crippen LogP contribution in [0.15, 0.2) is 28.9 Å². The maximum absolute atomic E-state index is 8.96. The summed E-state index contributed by atoms with van der Waals surface area (Å²) in [5.41, 5.74) is 2.88. The predicted octanol–water partition coefficient (Wildman–Crippen LogP) is 2.97. The first-order valence-electron chi connectivity index (χ1n) is 5.52. The summed E-state index contributed by atoms with van der Waals surface area (Å²) in [6, 6.07) is 7.93. The van der Waals surface area contributed by atoms with Crippen molar-refractivity contribution in [2.24, 2.45) is 7.05 Å². The Balaban J connectivity index is 2.11. The van der Waals surface area contributed by atoms with Crippen LogP contribution in [0.2, 0.25) is 0 Å². The molecule has 0 saturated heterocycles. The first-order chi connectivity index (χ1) is 8.61. The minimum absolute atomic E-state index is 0.663. The van der Waals surface area contributed by atoms with Crippen molar-refractivity contribution in [1.29, 1.82) is 5.26 Å². The lowest BCUT2D eigenvalue weighted by Gasteiger charge is -2.05. The summed E-state index contributed by atoms with van der Waals surface area (Å²) >= 11 is 3.35. The van der Waals surface area contributed by atoms with Gasteiger partial charge in [-0.05, 0) is 46.6 Å². The number of rotatable bonds is 3. The maximum atomic E-state index is 8.96. The summed E-state index contributed by atoms with van der Waals surface area (Å²) in [5, 5.41) is 12.2. The van der Waals surface area contributed by atoms with E-state index >= 15 is 0 Å². The molecular formula is C13H13BrN4. The number of nitrogens with zero attached hydrogens (tertiary/aromatic N) is 3. The molecule has 2 aromatic heterocycles. The Morgan fingerprint density at radius 2 is 2.28 bits per heavy atom. The van der Waals surface area contributed by atoms with Crippen molar-refractivity contribution >= 4 is 21.7 Å². The van der Waals surface area contributed by atoms with Gasteiger partial charge in [0.15, 0.2) is 0 Å². The molecule has 0 unspecified atom stereocenters. The Morgan fingerprint density at radius 3 is 2.83 bits per heavy atom. The smallest absolute Gasteiger partial charge is 0.126 e. The molecule has 0 spiro atoms. The van der Waals surface area contributed by atoms with E-state index in [4.69, 9.17) is 5.26 Å². The normalized spacial score (nSPS) is 10.1. The van der Waals surface area contributed by atoms with Gasteiger partial charge < -0.3 is 9.88 Å². The quantitative estimate of drug-likeness (QED) is 0.948. The van der Waals surface area contributed by atoms with Crippen molar-refractivity contribution in [1.82, 2.24) is 9.55 Å². The summed E-state index contributed by atoms with van der Waals surface area (Å²) in [6.07, 6.45) is 1.75. The maximum Gasteiger partial charge on any atom is 0.126 e. The lowest BCUT2D eigenvalue weighted by atomic mass is 10.2. The zero-order valence-corrected chi connectivity index (χ0v) is 11.8. The number of anilines is 1. The predicted molar refractivity (Wildman–Crippen MR) is 74.1 cm³/mol. The number of nitrogens with one attached hydrogen (secondary N) is 1. The van der Waals surface area contributed by atoms with Gasteiger partial charge in [0.05, 0.1) is 0 Å². The highest BCUT2D eigenvalue weighted by molar-refractivity contribution is 9.10. The number of aromatic nitrogens is 2. The Labute approximate surface area is 114 Å². The number of nitriles is 1. The van der Waals surface area contributed by atoms with Gasteiger partial charge in [0.1, 0.15) is 17.6 Å². The molecule has 92 valence electrons. The minimum Gasteiger partial charge on any atom is -0.366 e. The van der Waals surface area contributed by atoms with Gasteiger partial charge in [-0.25, -0.2) is 4.98 Å². The largest absolute Gasteiger partial charge is 0.366 e.